The van der Waals surface area contributed by atoms with Gasteiger partial charge >= 0.3 is 0 Å². The molecule has 0 aliphatic carbocycles. The van der Waals surface area contributed by atoms with Gasteiger partial charge in [0, 0.05) is 19.3 Å². The first-order chi connectivity index (χ1) is 9.66. The highest BCUT2D eigenvalue weighted by Gasteiger charge is 2.12. The van der Waals surface area contributed by atoms with Crippen molar-refractivity contribution in [2.45, 2.75) is 38.7 Å². The van der Waals surface area contributed by atoms with Gasteiger partial charge in [0.1, 0.15) is 18.1 Å². The van der Waals surface area contributed by atoms with E-state index >= 15 is 0 Å². The number of likely N-dealkylation sites (tertiary alicyclic amines) is 1. The maximum absolute atomic E-state index is 12.5. The van der Waals surface area contributed by atoms with Crippen LogP contribution in [0.15, 0.2) is 17.3 Å². The Labute approximate surface area is 140 Å². The summed E-state index contributed by atoms with van der Waals surface area (Å²) in [5, 5.41) is 0. The number of hydrogen-bond donors (Lipinski definition) is 1. The molecule has 8 heteroatoms. The molecule has 5 nitrogen and oxygen atoms in total. The summed E-state index contributed by atoms with van der Waals surface area (Å²) in [7, 11) is 0. The van der Waals surface area contributed by atoms with Gasteiger partial charge in [-0.25, -0.2) is 23.7 Å². The summed E-state index contributed by atoms with van der Waals surface area (Å²) in [5.74, 6) is 0.707. The first kappa shape index (κ1) is 18.0. The number of halogens is 3. The second-order valence-electron chi connectivity index (χ2n) is 4.77. The van der Waals surface area contributed by atoms with Crippen LogP contribution in [0.25, 0.3) is 0 Å². The lowest BCUT2D eigenvalue weighted by molar-refractivity contribution is 0.145. The molecule has 0 bridgehead atoms. The van der Waals surface area contributed by atoms with E-state index in [1.165, 1.54) is 25.1 Å². The van der Waals surface area contributed by atoms with Crippen molar-refractivity contribution in [1.82, 2.24) is 14.9 Å². The fraction of sp³-hybridized carbons (Fsp3) is 0.615. The highest BCUT2D eigenvalue weighted by molar-refractivity contribution is 14.0. The molecule has 0 aromatic carbocycles. The van der Waals surface area contributed by atoms with E-state index in [0.29, 0.717) is 5.96 Å². The predicted molar refractivity (Wildman–Crippen MR) is 87.8 cm³/mol. The Morgan fingerprint density at radius 3 is 2.57 bits per heavy atom. The van der Waals surface area contributed by atoms with Crippen molar-refractivity contribution in [3.8, 4) is 0 Å². The van der Waals surface area contributed by atoms with Crippen molar-refractivity contribution in [2.75, 3.05) is 13.1 Å². The molecular formula is C13H20F2IN5. The van der Waals surface area contributed by atoms with E-state index in [-0.39, 0.29) is 42.0 Å². The lowest BCUT2D eigenvalue weighted by Gasteiger charge is -2.20. The van der Waals surface area contributed by atoms with E-state index < -0.39 is 6.43 Å². The fourth-order valence-corrected chi connectivity index (χ4v) is 2.16. The van der Waals surface area contributed by atoms with Gasteiger partial charge in [-0.15, -0.1) is 24.0 Å². The van der Waals surface area contributed by atoms with Crippen molar-refractivity contribution in [3.63, 3.8) is 0 Å². The lowest BCUT2D eigenvalue weighted by Crippen LogP contribution is -2.38. The number of aliphatic imine (C=N–C) groups is 1. The molecule has 1 fully saturated rings. The van der Waals surface area contributed by atoms with Crippen molar-refractivity contribution in [2.24, 2.45) is 10.7 Å². The van der Waals surface area contributed by atoms with Gasteiger partial charge < -0.3 is 10.6 Å². The maximum Gasteiger partial charge on any atom is 0.280 e. The predicted octanol–water partition coefficient (Wildman–Crippen LogP) is 2.72. The largest absolute Gasteiger partial charge is 0.370 e. The van der Waals surface area contributed by atoms with Crippen LogP contribution >= 0.6 is 24.0 Å². The smallest absolute Gasteiger partial charge is 0.280 e. The molecule has 2 rings (SSSR count). The molecule has 0 unspecified atom stereocenters. The van der Waals surface area contributed by atoms with Crippen LogP contribution in [0.2, 0.25) is 0 Å². The highest BCUT2D eigenvalue weighted by Crippen LogP contribution is 2.15. The van der Waals surface area contributed by atoms with Crippen LogP contribution in [-0.2, 0) is 6.54 Å². The molecule has 0 atom stereocenters. The average Bonchev–Trinajstić information content (AvgIpc) is 2.74. The highest BCUT2D eigenvalue weighted by atomic mass is 127. The van der Waals surface area contributed by atoms with Gasteiger partial charge in [-0.3, -0.25) is 0 Å². The van der Waals surface area contributed by atoms with Crippen LogP contribution in [0.3, 0.4) is 0 Å². The van der Waals surface area contributed by atoms with Crippen molar-refractivity contribution in [1.29, 1.82) is 0 Å². The summed E-state index contributed by atoms with van der Waals surface area (Å²) in [4.78, 5) is 13.9. The molecular weight excluding hydrogens is 391 g/mol. The standard InChI is InChI=1S/C13H19F2N5.HI/c14-12(15)10-5-6-17-11(19-10)9-18-13(16)20-7-3-1-2-4-8-20;/h5-6,12H,1-4,7-9H2,(H2,16,18);1H. The summed E-state index contributed by atoms with van der Waals surface area (Å²) < 4.78 is 25.0. The normalized spacial score (nSPS) is 16.5. The van der Waals surface area contributed by atoms with Gasteiger partial charge in [0.2, 0.25) is 0 Å². The Balaban J connectivity index is 0.00000220. The first-order valence-corrected chi connectivity index (χ1v) is 6.81. The summed E-state index contributed by atoms with van der Waals surface area (Å²) in [6.45, 7) is 1.92. The summed E-state index contributed by atoms with van der Waals surface area (Å²) in [5.41, 5.74) is 5.66. The molecule has 2 N–H and O–H groups in total. The maximum atomic E-state index is 12.5. The Kier molecular flexibility index (Phi) is 7.76. The first-order valence-electron chi connectivity index (χ1n) is 6.81. The van der Waals surface area contributed by atoms with Crippen LogP contribution in [0.1, 0.15) is 43.6 Å². The third-order valence-electron chi connectivity index (χ3n) is 3.26. The van der Waals surface area contributed by atoms with Crippen molar-refractivity contribution < 1.29 is 8.78 Å². The van der Waals surface area contributed by atoms with Gasteiger partial charge in [-0.2, -0.15) is 0 Å². The lowest BCUT2D eigenvalue weighted by atomic mass is 10.2. The summed E-state index contributed by atoms with van der Waals surface area (Å²) in [6.07, 6.45) is 3.36. The van der Waals surface area contributed by atoms with E-state index in [2.05, 4.69) is 15.0 Å². The number of rotatable bonds is 3. The molecule has 21 heavy (non-hydrogen) atoms. The van der Waals surface area contributed by atoms with Crippen molar-refractivity contribution >= 4 is 29.9 Å². The molecule has 1 aliphatic rings. The average molecular weight is 411 g/mol. The molecule has 1 aromatic rings. The molecule has 1 aromatic heterocycles. The zero-order valence-electron chi connectivity index (χ0n) is 11.7. The van der Waals surface area contributed by atoms with Gasteiger partial charge in [-0.1, -0.05) is 12.8 Å². The Morgan fingerprint density at radius 2 is 1.95 bits per heavy atom. The van der Waals surface area contributed by atoms with Gasteiger partial charge in [-0.05, 0) is 18.9 Å². The van der Waals surface area contributed by atoms with Gasteiger partial charge in [0.15, 0.2) is 5.96 Å². The Morgan fingerprint density at radius 1 is 1.29 bits per heavy atom. The third kappa shape index (κ3) is 5.68. The number of nitrogens with zero attached hydrogens (tertiary/aromatic N) is 4. The summed E-state index contributed by atoms with van der Waals surface area (Å²) in [6, 6.07) is 1.20. The Bertz CT molecular complexity index is 462. The van der Waals surface area contributed by atoms with Gasteiger partial charge in [0.25, 0.3) is 6.43 Å². The molecule has 0 saturated carbocycles. The Hall–Kier alpha value is -1.06. The van der Waals surface area contributed by atoms with Crippen LogP contribution in [0, 0.1) is 0 Å². The molecule has 2 heterocycles. The monoisotopic (exact) mass is 411 g/mol. The zero-order valence-corrected chi connectivity index (χ0v) is 14.0. The molecule has 1 aliphatic heterocycles. The second-order valence-corrected chi connectivity index (χ2v) is 4.77. The van der Waals surface area contributed by atoms with E-state index in [0.717, 1.165) is 25.9 Å². The van der Waals surface area contributed by atoms with E-state index in [4.69, 9.17) is 5.73 Å². The van der Waals surface area contributed by atoms with Crippen LogP contribution < -0.4 is 5.73 Å². The summed E-state index contributed by atoms with van der Waals surface area (Å²) >= 11 is 0. The minimum absolute atomic E-state index is 0. The zero-order chi connectivity index (χ0) is 14.4. The minimum atomic E-state index is -2.59. The van der Waals surface area contributed by atoms with E-state index in [9.17, 15) is 8.78 Å². The molecule has 1 saturated heterocycles. The third-order valence-corrected chi connectivity index (χ3v) is 3.26. The molecule has 0 amide bonds. The number of hydrogen-bond acceptors (Lipinski definition) is 3. The second kappa shape index (κ2) is 9.06. The number of nitrogens with two attached hydrogens (primary N) is 1. The van der Waals surface area contributed by atoms with E-state index in [1.54, 1.807) is 0 Å². The van der Waals surface area contributed by atoms with Crippen LogP contribution in [0.4, 0.5) is 8.78 Å². The van der Waals surface area contributed by atoms with E-state index in [1.807, 2.05) is 4.90 Å². The molecule has 0 spiro atoms. The number of aromatic nitrogens is 2. The topological polar surface area (TPSA) is 67.4 Å². The van der Waals surface area contributed by atoms with Crippen LogP contribution in [-0.4, -0.2) is 33.9 Å². The number of guanidine groups is 1. The minimum Gasteiger partial charge on any atom is -0.370 e. The van der Waals surface area contributed by atoms with Crippen molar-refractivity contribution in [3.05, 3.63) is 23.8 Å². The molecule has 0 radical (unpaired) electrons. The van der Waals surface area contributed by atoms with Gasteiger partial charge in [0.05, 0.1) is 0 Å². The quantitative estimate of drug-likeness (QED) is 0.472. The molecule has 118 valence electrons. The fourth-order valence-electron chi connectivity index (χ4n) is 2.16. The number of alkyl halides is 2. The SMILES string of the molecule is I.NC(=NCc1nccc(C(F)F)n1)N1CCCCCC1. The van der Waals surface area contributed by atoms with Crippen LogP contribution in [0.5, 0.6) is 0 Å².